The van der Waals surface area contributed by atoms with Crippen LogP contribution in [0.3, 0.4) is 0 Å². The highest BCUT2D eigenvalue weighted by Crippen LogP contribution is 2.22. The van der Waals surface area contributed by atoms with Crippen molar-refractivity contribution in [2.75, 3.05) is 6.61 Å². The summed E-state index contributed by atoms with van der Waals surface area (Å²) in [5.41, 5.74) is 8.84. The molecule has 0 aliphatic carbocycles. The van der Waals surface area contributed by atoms with Gasteiger partial charge in [-0.15, -0.1) is 0 Å². The molecule has 2 aromatic heterocycles. The summed E-state index contributed by atoms with van der Waals surface area (Å²) in [5.74, 6) is 1.94. The minimum atomic E-state index is 0.0328. The number of nitrogens with zero attached hydrogens (tertiary/aromatic N) is 3. The molecule has 0 bridgehead atoms. The first kappa shape index (κ1) is 16.4. The maximum Gasteiger partial charge on any atom is 0.216 e. The van der Waals surface area contributed by atoms with Crippen LogP contribution in [-0.4, -0.2) is 27.6 Å². The van der Waals surface area contributed by atoms with E-state index in [4.69, 9.17) is 10.5 Å². The molecule has 2 heterocycles. The number of aryl methyl sites for hydroxylation is 2. The molecule has 0 saturated carbocycles. The van der Waals surface area contributed by atoms with Gasteiger partial charge in [-0.3, -0.25) is 0 Å². The van der Waals surface area contributed by atoms with Crippen LogP contribution in [0.15, 0.2) is 24.5 Å². The first-order valence-electron chi connectivity index (χ1n) is 7.60. The van der Waals surface area contributed by atoms with Gasteiger partial charge in [0.15, 0.2) is 0 Å². The van der Waals surface area contributed by atoms with Crippen LogP contribution in [0.25, 0.3) is 11.3 Å². The second-order valence-corrected chi connectivity index (χ2v) is 6.04. The Morgan fingerprint density at radius 1 is 1.23 bits per heavy atom. The van der Waals surface area contributed by atoms with Crippen molar-refractivity contribution in [3.63, 3.8) is 0 Å². The van der Waals surface area contributed by atoms with Crippen molar-refractivity contribution in [3.8, 4) is 17.1 Å². The zero-order valence-corrected chi connectivity index (χ0v) is 13.7. The molecule has 1 unspecified atom stereocenters. The maximum atomic E-state index is 6.04. The van der Waals surface area contributed by atoms with E-state index in [-0.39, 0.29) is 6.04 Å². The van der Waals surface area contributed by atoms with Gasteiger partial charge in [0, 0.05) is 29.6 Å². The van der Waals surface area contributed by atoms with Crippen molar-refractivity contribution in [2.45, 2.75) is 40.2 Å². The van der Waals surface area contributed by atoms with Crippen LogP contribution in [0, 0.1) is 19.8 Å². The van der Waals surface area contributed by atoms with Gasteiger partial charge in [-0.2, -0.15) is 0 Å². The summed E-state index contributed by atoms with van der Waals surface area (Å²) in [4.78, 5) is 12.9. The number of pyridine rings is 1. The molecule has 0 radical (unpaired) electrons. The van der Waals surface area contributed by atoms with Crippen LogP contribution in [-0.2, 0) is 0 Å². The largest absolute Gasteiger partial charge is 0.476 e. The molecule has 2 aromatic rings. The van der Waals surface area contributed by atoms with E-state index < -0.39 is 0 Å². The fourth-order valence-electron chi connectivity index (χ4n) is 2.33. The summed E-state index contributed by atoms with van der Waals surface area (Å²) in [5, 5.41) is 0. The fourth-order valence-corrected chi connectivity index (χ4v) is 2.33. The number of ether oxygens (including phenoxy) is 1. The molecule has 22 heavy (non-hydrogen) atoms. The molecule has 0 aliphatic rings. The summed E-state index contributed by atoms with van der Waals surface area (Å²) >= 11 is 0. The fraction of sp³-hybridized carbons (Fsp3) is 0.471. The highest BCUT2D eigenvalue weighted by atomic mass is 16.5. The van der Waals surface area contributed by atoms with Crippen molar-refractivity contribution in [3.05, 3.63) is 35.9 Å². The Labute approximate surface area is 132 Å². The van der Waals surface area contributed by atoms with E-state index in [0.717, 1.165) is 29.1 Å². The van der Waals surface area contributed by atoms with Crippen molar-refractivity contribution in [2.24, 2.45) is 11.7 Å². The Bertz CT molecular complexity index is 628. The van der Waals surface area contributed by atoms with Gasteiger partial charge >= 0.3 is 0 Å². The SMILES string of the molecule is Cc1nccc(-c2cnc(OCC(N)CC(C)C)c(C)c2)n1. The lowest BCUT2D eigenvalue weighted by Crippen LogP contribution is -2.29. The van der Waals surface area contributed by atoms with Crippen LogP contribution in [0.4, 0.5) is 0 Å². The molecular formula is C17H24N4O. The zero-order chi connectivity index (χ0) is 16.1. The van der Waals surface area contributed by atoms with Crippen LogP contribution in [0.5, 0.6) is 5.88 Å². The normalized spacial score (nSPS) is 12.5. The molecule has 118 valence electrons. The monoisotopic (exact) mass is 300 g/mol. The minimum Gasteiger partial charge on any atom is -0.476 e. The number of hydrogen-bond donors (Lipinski definition) is 1. The predicted octanol–water partition coefficient (Wildman–Crippen LogP) is 2.91. The summed E-state index contributed by atoms with van der Waals surface area (Å²) in [6, 6.07) is 3.94. The molecule has 2 N–H and O–H groups in total. The highest BCUT2D eigenvalue weighted by molar-refractivity contribution is 5.59. The molecule has 0 aromatic carbocycles. The van der Waals surface area contributed by atoms with Crippen LogP contribution in [0.1, 0.15) is 31.7 Å². The molecule has 0 saturated heterocycles. The Morgan fingerprint density at radius 2 is 2.00 bits per heavy atom. The average molecular weight is 300 g/mol. The van der Waals surface area contributed by atoms with Gasteiger partial charge in [-0.05, 0) is 38.3 Å². The van der Waals surface area contributed by atoms with Gasteiger partial charge < -0.3 is 10.5 Å². The van der Waals surface area contributed by atoms with Crippen molar-refractivity contribution in [1.82, 2.24) is 15.0 Å². The molecule has 5 heteroatoms. The van der Waals surface area contributed by atoms with Gasteiger partial charge in [-0.25, -0.2) is 15.0 Å². The lowest BCUT2D eigenvalue weighted by atomic mass is 10.1. The van der Waals surface area contributed by atoms with Crippen LogP contribution < -0.4 is 10.5 Å². The van der Waals surface area contributed by atoms with Crippen LogP contribution in [0.2, 0.25) is 0 Å². The Kier molecular flexibility index (Phi) is 5.44. The first-order chi connectivity index (χ1) is 10.5. The standard InChI is InChI=1S/C17H24N4O/c1-11(2)7-15(18)10-22-17-12(3)8-14(9-20-17)16-5-6-19-13(4)21-16/h5-6,8-9,11,15H,7,10,18H2,1-4H3. The van der Waals surface area contributed by atoms with E-state index in [9.17, 15) is 0 Å². The van der Waals surface area contributed by atoms with Gasteiger partial charge in [-0.1, -0.05) is 13.8 Å². The van der Waals surface area contributed by atoms with E-state index in [1.54, 1.807) is 12.4 Å². The van der Waals surface area contributed by atoms with Crippen LogP contribution >= 0.6 is 0 Å². The third kappa shape index (κ3) is 4.49. The summed E-state index contributed by atoms with van der Waals surface area (Å²) in [6.45, 7) is 8.65. The summed E-state index contributed by atoms with van der Waals surface area (Å²) in [6.07, 6.45) is 4.47. The quantitative estimate of drug-likeness (QED) is 0.888. The third-order valence-corrected chi connectivity index (χ3v) is 3.31. The molecular weight excluding hydrogens is 276 g/mol. The molecule has 0 aliphatic heterocycles. The van der Waals surface area contributed by atoms with E-state index >= 15 is 0 Å². The molecule has 1 atom stereocenters. The van der Waals surface area contributed by atoms with E-state index in [1.807, 2.05) is 26.0 Å². The number of hydrogen-bond acceptors (Lipinski definition) is 5. The smallest absolute Gasteiger partial charge is 0.216 e. The van der Waals surface area contributed by atoms with Gasteiger partial charge in [0.05, 0.1) is 5.69 Å². The molecule has 0 fully saturated rings. The first-order valence-corrected chi connectivity index (χ1v) is 7.60. The summed E-state index contributed by atoms with van der Waals surface area (Å²) in [7, 11) is 0. The lowest BCUT2D eigenvalue weighted by molar-refractivity contribution is 0.260. The number of nitrogens with two attached hydrogens (primary N) is 1. The topological polar surface area (TPSA) is 73.9 Å². The predicted molar refractivity (Wildman–Crippen MR) is 87.7 cm³/mol. The van der Waals surface area contributed by atoms with E-state index in [0.29, 0.717) is 18.4 Å². The molecule has 2 rings (SSSR count). The number of rotatable bonds is 6. The minimum absolute atomic E-state index is 0.0328. The van der Waals surface area contributed by atoms with Gasteiger partial charge in [0.1, 0.15) is 12.4 Å². The Morgan fingerprint density at radius 3 is 2.64 bits per heavy atom. The van der Waals surface area contributed by atoms with Crippen molar-refractivity contribution in [1.29, 1.82) is 0 Å². The zero-order valence-electron chi connectivity index (χ0n) is 13.7. The lowest BCUT2D eigenvalue weighted by Gasteiger charge is -2.15. The molecule has 0 amide bonds. The van der Waals surface area contributed by atoms with E-state index in [2.05, 4.69) is 28.8 Å². The molecule has 0 spiro atoms. The van der Waals surface area contributed by atoms with Gasteiger partial charge in [0.25, 0.3) is 0 Å². The second kappa shape index (κ2) is 7.31. The van der Waals surface area contributed by atoms with Crippen molar-refractivity contribution < 1.29 is 4.74 Å². The van der Waals surface area contributed by atoms with Crippen molar-refractivity contribution >= 4 is 0 Å². The summed E-state index contributed by atoms with van der Waals surface area (Å²) < 4.78 is 5.75. The Hall–Kier alpha value is -2.01. The highest BCUT2D eigenvalue weighted by Gasteiger charge is 2.10. The van der Waals surface area contributed by atoms with Gasteiger partial charge in [0.2, 0.25) is 5.88 Å². The second-order valence-electron chi connectivity index (χ2n) is 6.04. The third-order valence-electron chi connectivity index (χ3n) is 3.31. The average Bonchev–Trinajstić information content (AvgIpc) is 2.45. The molecule has 5 nitrogen and oxygen atoms in total. The Balaban J connectivity index is 2.07. The maximum absolute atomic E-state index is 6.04. The van der Waals surface area contributed by atoms with E-state index in [1.165, 1.54) is 0 Å². The number of aromatic nitrogens is 3.